The molecule has 2 heteroatoms. The van der Waals surface area contributed by atoms with E-state index in [0.717, 1.165) is 17.0 Å². The van der Waals surface area contributed by atoms with Crippen molar-refractivity contribution in [2.75, 3.05) is 0 Å². The van der Waals surface area contributed by atoms with Gasteiger partial charge in [0.2, 0.25) is 0 Å². The molecule has 0 unspecified atom stereocenters. The Labute approximate surface area is 66.9 Å². The van der Waals surface area contributed by atoms with E-state index in [2.05, 4.69) is 4.98 Å². The summed E-state index contributed by atoms with van der Waals surface area (Å²) < 4.78 is 0. The molecule has 0 saturated heterocycles. The molecule has 0 aliphatic rings. The first-order chi connectivity index (χ1) is 5.09. The van der Waals surface area contributed by atoms with Crippen LogP contribution in [-0.2, 0) is 0 Å². The fourth-order valence-corrected chi connectivity index (χ4v) is 1.09. The molecular weight excluding hydrogens is 138 g/mol. The lowest BCUT2D eigenvalue weighted by atomic mass is 10.2. The van der Waals surface area contributed by atoms with Crippen molar-refractivity contribution in [3.8, 4) is 0 Å². The van der Waals surface area contributed by atoms with Crippen LogP contribution in [0.4, 0.5) is 0 Å². The van der Waals surface area contributed by atoms with Crippen LogP contribution in [-0.4, -0.2) is 10.1 Å². The Morgan fingerprint density at radius 3 is 2.45 bits per heavy atom. The number of hydrogen-bond donors (Lipinski definition) is 1. The fourth-order valence-electron chi connectivity index (χ4n) is 1.09. The Hall–Kier alpha value is -0.890. The normalized spacial score (nSPS) is 13.1. The highest BCUT2D eigenvalue weighted by Crippen LogP contribution is 2.11. The zero-order chi connectivity index (χ0) is 8.43. The Balaban J connectivity index is 3.08. The van der Waals surface area contributed by atoms with Crippen LogP contribution < -0.4 is 0 Å². The summed E-state index contributed by atoms with van der Waals surface area (Å²) in [6.45, 7) is 5.65. The quantitative estimate of drug-likeness (QED) is 0.663. The van der Waals surface area contributed by atoms with Gasteiger partial charge in [-0.3, -0.25) is 4.98 Å². The number of aliphatic hydroxyl groups is 1. The number of aliphatic hydroxyl groups excluding tert-OH is 1. The molecule has 0 aromatic carbocycles. The molecule has 1 rings (SSSR count). The first kappa shape index (κ1) is 8.21. The van der Waals surface area contributed by atoms with Gasteiger partial charge in [0, 0.05) is 5.69 Å². The third kappa shape index (κ3) is 2.02. The molecule has 0 radical (unpaired) electrons. The summed E-state index contributed by atoms with van der Waals surface area (Å²) in [5.41, 5.74) is 2.86. The second-order valence-corrected chi connectivity index (χ2v) is 2.89. The molecule has 60 valence electrons. The van der Waals surface area contributed by atoms with Crippen LogP contribution in [0.1, 0.15) is 30.0 Å². The van der Waals surface area contributed by atoms with Crippen molar-refractivity contribution in [2.45, 2.75) is 26.9 Å². The molecule has 2 nitrogen and oxygen atoms in total. The molecule has 0 bridgehead atoms. The molecule has 1 N–H and O–H groups in total. The minimum absolute atomic E-state index is 0.464. The zero-order valence-corrected chi connectivity index (χ0v) is 7.13. The molecule has 1 aromatic rings. The van der Waals surface area contributed by atoms with E-state index >= 15 is 0 Å². The van der Waals surface area contributed by atoms with Crippen LogP contribution >= 0.6 is 0 Å². The summed E-state index contributed by atoms with van der Waals surface area (Å²) in [5, 5.41) is 9.21. The molecular formula is C9H13NO. The zero-order valence-electron chi connectivity index (χ0n) is 7.13. The van der Waals surface area contributed by atoms with Crippen LogP contribution in [0.25, 0.3) is 0 Å². The Morgan fingerprint density at radius 2 is 2.00 bits per heavy atom. The van der Waals surface area contributed by atoms with Crippen molar-refractivity contribution in [3.05, 3.63) is 29.1 Å². The standard InChI is InChI=1S/C9H13NO/c1-6-4-7(2)10-9(5-6)8(3)11/h4-5,8,11H,1-3H3/t8-/m0/s1. The van der Waals surface area contributed by atoms with Crippen molar-refractivity contribution in [1.82, 2.24) is 4.98 Å². The molecule has 0 amide bonds. The van der Waals surface area contributed by atoms with Crippen molar-refractivity contribution in [2.24, 2.45) is 0 Å². The predicted molar refractivity (Wildman–Crippen MR) is 44.3 cm³/mol. The van der Waals surface area contributed by atoms with Gasteiger partial charge in [-0.2, -0.15) is 0 Å². The highest BCUT2D eigenvalue weighted by atomic mass is 16.3. The van der Waals surface area contributed by atoms with Crippen molar-refractivity contribution in [3.63, 3.8) is 0 Å². The molecule has 0 aliphatic carbocycles. The van der Waals surface area contributed by atoms with Crippen LogP contribution in [0.15, 0.2) is 12.1 Å². The lowest BCUT2D eigenvalue weighted by Crippen LogP contribution is -1.97. The van der Waals surface area contributed by atoms with Gasteiger partial charge in [0.1, 0.15) is 0 Å². The van der Waals surface area contributed by atoms with Crippen LogP contribution in [0.5, 0.6) is 0 Å². The third-order valence-electron chi connectivity index (χ3n) is 1.55. The summed E-state index contributed by atoms with van der Waals surface area (Å²) in [7, 11) is 0. The van der Waals surface area contributed by atoms with Gasteiger partial charge >= 0.3 is 0 Å². The van der Waals surface area contributed by atoms with Gasteiger partial charge in [-0.1, -0.05) is 0 Å². The highest BCUT2D eigenvalue weighted by Gasteiger charge is 2.02. The van der Waals surface area contributed by atoms with E-state index in [0.29, 0.717) is 0 Å². The maximum Gasteiger partial charge on any atom is 0.0931 e. The van der Waals surface area contributed by atoms with E-state index in [1.807, 2.05) is 26.0 Å². The number of aryl methyl sites for hydroxylation is 2. The van der Waals surface area contributed by atoms with Gasteiger partial charge in [-0.25, -0.2) is 0 Å². The van der Waals surface area contributed by atoms with Gasteiger partial charge < -0.3 is 5.11 Å². The van der Waals surface area contributed by atoms with Crippen LogP contribution in [0, 0.1) is 13.8 Å². The molecule has 0 fully saturated rings. The van der Waals surface area contributed by atoms with E-state index in [9.17, 15) is 5.11 Å². The van der Waals surface area contributed by atoms with E-state index in [1.54, 1.807) is 6.92 Å². The number of hydrogen-bond acceptors (Lipinski definition) is 2. The Bertz CT molecular complexity index is 235. The molecule has 1 aromatic heterocycles. The van der Waals surface area contributed by atoms with Gasteiger partial charge in [0.05, 0.1) is 11.8 Å². The average molecular weight is 151 g/mol. The second kappa shape index (κ2) is 3.01. The fraction of sp³-hybridized carbons (Fsp3) is 0.444. The van der Waals surface area contributed by atoms with Gasteiger partial charge in [0.25, 0.3) is 0 Å². The topological polar surface area (TPSA) is 33.1 Å². The van der Waals surface area contributed by atoms with E-state index in [-0.39, 0.29) is 0 Å². The summed E-state index contributed by atoms with van der Waals surface area (Å²) in [5.74, 6) is 0. The van der Waals surface area contributed by atoms with Crippen molar-refractivity contribution < 1.29 is 5.11 Å². The molecule has 0 spiro atoms. The molecule has 1 atom stereocenters. The number of pyridine rings is 1. The van der Waals surface area contributed by atoms with E-state index in [4.69, 9.17) is 0 Å². The summed E-state index contributed by atoms with van der Waals surface area (Å²) in [6, 6.07) is 3.89. The van der Waals surface area contributed by atoms with E-state index < -0.39 is 6.10 Å². The number of nitrogens with zero attached hydrogens (tertiary/aromatic N) is 1. The first-order valence-electron chi connectivity index (χ1n) is 3.73. The Kier molecular flexibility index (Phi) is 2.25. The maximum absolute atomic E-state index is 9.21. The molecule has 11 heavy (non-hydrogen) atoms. The van der Waals surface area contributed by atoms with E-state index in [1.165, 1.54) is 0 Å². The average Bonchev–Trinajstić information content (AvgIpc) is 1.85. The number of rotatable bonds is 1. The monoisotopic (exact) mass is 151 g/mol. The minimum atomic E-state index is -0.464. The minimum Gasteiger partial charge on any atom is -0.387 e. The highest BCUT2D eigenvalue weighted by molar-refractivity contribution is 5.20. The first-order valence-corrected chi connectivity index (χ1v) is 3.73. The summed E-state index contributed by atoms with van der Waals surface area (Å²) >= 11 is 0. The molecule has 0 saturated carbocycles. The third-order valence-corrected chi connectivity index (χ3v) is 1.55. The van der Waals surface area contributed by atoms with Crippen molar-refractivity contribution >= 4 is 0 Å². The summed E-state index contributed by atoms with van der Waals surface area (Å²) in [4.78, 5) is 4.18. The predicted octanol–water partition coefficient (Wildman–Crippen LogP) is 1.75. The molecule has 1 heterocycles. The van der Waals surface area contributed by atoms with Crippen molar-refractivity contribution in [1.29, 1.82) is 0 Å². The van der Waals surface area contributed by atoms with Gasteiger partial charge in [-0.15, -0.1) is 0 Å². The van der Waals surface area contributed by atoms with Crippen LogP contribution in [0.2, 0.25) is 0 Å². The lowest BCUT2D eigenvalue weighted by Gasteiger charge is -2.05. The van der Waals surface area contributed by atoms with Gasteiger partial charge in [-0.05, 0) is 38.5 Å². The number of aromatic nitrogens is 1. The SMILES string of the molecule is Cc1cc(C)nc([C@H](C)O)c1. The second-order valence-electron chi connectivity index (χ2n) is 2.89. The Morgan fingerprint density at radius 1 is 1.36 bits per heavy atom. The lowest BCUT2D eigenvalue weighted by molar-refractivity contribution is 0.194. The van der Waals surface area contributed by atoms with Gasteiger partial charge in [0.15, 0.2) is 0 Å². The molecule has 0 aliphatic heterocycles. The van der Waals surface area contributed by atoms with Crippen LogP contribution in [0.3, 0.4) is 0 Å². The largest absolute Gasteiger partial charge is 0.387 e. The smallest absolute Gasteiger partial charge is 0.0931 e. The summed E-state index contributed by atoms with van der Waals surface area (Å²) in [6.07, 6.45) is -0.464. The maximum atomic E-state index is 9.21.